The number of ether oxygens (including phenoxy) is 1. The average Bonchev–Trinajstić information content (AvgIpc) is 3.44. The van der Waals surface area contributed by atoms with Crippen molar-refractivity contribution in [2.45, 2.75) is 20.3 Å². The van der Waals surface area contributed by atoms with E-state index in [0.29, 0.717) is 46.0 Å². The molecule has 0 radical (unpaired) electrons. The molecule has 2 fully saturated rings. The number of nitrogens with zero attached hydrogens (tertiary/aromatic N) is 3. The molecule has 8 rings (SSSR count). The molecule has 252 valence electrons. The Labute approximate surface area is 292 Å². The van der Waals surface area contributed by atoms with Crippen molar-refractivity contribution < 1.29 is 23.5 Å². The zero-order valence-corrected chi connectivity index (χ0v) is 28.4. The van der Waals surface area contributed by atoms with Crippen LogP contribution in [0.25, 0.3) is 10.4 Å². The van der Waals surface area contributed by atoms with Crippen molar-refractivity contribution >= 4 is 51.9 Å². The van der Waals surface area contributed by atoms with Gasteiger partial charge in [-0.2, -0.15) is 0 Å². The summed E-state index contributed by atoms with van der Waals surface area (Å²) < 4.78 is 19.8. The number of fused-ring (bicyclic) bond motifs is 3. The Hall–Kier alpha value is -5.39. The highest BCUT2D eigenvalue weighted by atomic mass is 32.1. The van der Waals surface area contributed by atoms with Crippen LogP contribution in [-0.2, 0) is 11.2 Å². The minimum absolute atomic E-state index is 0.171. The van der Waals surface area contributed by atoms with Gasteiger partial charge in [-0.3, -0.25) is 14.4 Å². The molecule has 9 nitrogen and oxygen atoms in total. The maximum Gasteiger partial charge on any atom is 0.265 e. The van der Waals surface area contributed by atoms with E-state index in [0.717, 1.165) is 53.6 Å². The van der Waals surface area contributed by atoms with Crippen molar-refractivity contribution in [3.05, 3.63) is 124 Å². The van der Waals surface area contributed by atoms with Gasteiger partial charge < -0.3 is 25.2 Å². The average molecular weight is 688 g/mol. The second-order valence-electron chi connectivity index (χ2n) is 13.3. The molecule has 2 saturated heterocycles. The summed E-state index contributed by atoms with van der Waals surface area (Å²) in [4.78, 5) is 50.5. The topological polar surface area (TPSA) is 104 Å². The Kier molecular flexibility index (Phi) is 7.96. The number of halogens is 1. The van der Waals surface area contributed by atoms with E-state index in [4.69, 9.17) is 4.74 Å². The summed E-state index contributed by atoms with van der Waals surface area (Å²) in [6.07, 6.45) is 2.31. The van der Waals surface area contributed by atoms with Crippen LogP contribution in [-0.4, -0.2) is 55.6 Å². The fourth-order valence-corrected chi connectivity index (χ4v) is 8.04. The lowest BCUT2D eigenvalue weighted by molar-refractivity contribution is -0.127. The molecule has 2 aromatic heterocycles. The van der Waals surface area contributed by atoms with Crippen LogP contribution in [0, 0.1) is 25.1 Å². The van der Waals surface area contributed by atoms with Gasteiger partial charge in [-0.05, 0) is 85.5 Å². The Balaban J connectivity index is 0.987. The van der Waals surface area contributed by atoms with E-state index in [9.17, 15) is 18.8 Å². The molecule has 3 aromatic carbocycles. The SMILES string of the molecule is Cc1cnc(N2CC3(COC3)C2)c(C(=O)Nc2ccc(C(=O)N3CCc4cc(C(=O)Nc5c(C)cccc5F)sc4-c4ccccc43)cc2)c1. The maximum absolute atomic E-state index is 14.4. The van der Waals surface area contributed by atoms with Crippen LogP contribution in [0.4, 0.5) is 27.3 Å². The largest absolute Gasteiger partial charge is 0.380 e. The van der Waals surface area contributed by atoms with Crippen molar-refractivity contribution in [1.82, 2.24) is 4.98 Å². The summed E-state index contributed by atoms with van der Waals surface area (Å²) in [5, 5.41) is 5.72. The second-order valence-corrected chi connectivity index (χ2v) is 14.4. The molecule has 0 aliphatic carbocycles. The molecular weight excluding hydrogens is 654 g/mol. The van der Waals surface area contributed by atoms with Gasteiger partial charge in [0.25, 0.3) is 17.7 Å². The molecule has 5 aromatic rings. The summed E-state index contributed by atoms with van der Waals surface area (Å²) in [7, 11) is 0. The number of carbonyl (C=O) groups is 3. The summed E-state index contributed by atoms with van der Waals surface area (Å²) >= 11 is 1.33. The van der Waals surface area contributed by atoms with Crippen molar-refractivity contribution in [1.29, 1.82) is 0 Å². The van der Waals surface area contributed by atoms with Crippen LogP contribution in [0.5, 0.6) is 0 Å². The van der Waals surface area contributed by atoms with Crippen molar-refractivity contribution in [2.24, 2.45) is 5.41 Å². The van der Waals surface area contributed by atoms with Crippen LogP contribution < -0.4 is 20.4 Å². The number of rotatable bonds is 6. The van der Waals surface area contributed by atoms with Gasteiger partial charge in [0.2, 0.25) is 0 Å². The lowest BCUT2D eigenvalue weighted by atomic mass is 9.78. The number of thiophene rings is 1. The van der Waals surface area contributed by atoms with Crippen LogP contribution in [0.2, 0.25) is 0 Å². The lowest BCUT2D eigenvalue weighted by Crippen LogP contribution is -2.66. The monoisotopic (exact) mass is 687 g/mol. The van der Waals surface area contributed by atoms with Gasteiger partial charge in [-0.1, -0.05) is 30.3 Å². The smallest absolute Gasteiger partial charge is 0.265 e. The molecule has 3 amide bonds. The van der Waals surface area contributed by atoms with Gasteiger partial charge in [0.15, 0.2) is 0 Å². The quantitative estimate of drug-likeness (QED) is 0.197. The van der Waals surface area contributed by atoms with Crippen LogP contribution in [0.15, 0.2) is 85.1 Å². The number of hydrogen-bond donors (Lipinski definition) is 2. The van der Waals surface area contributed by atoms with Gasteiger partial charge in [-0.15, -0.1) is 11.3 Å². The number of carbonyl (C=O) groups excluding carboxylic acids is 3. The Morgan fingerprint density at radius 3 is 2.44 bits per heavy atom. The van der Waals surface area contributed by atoms with E-state index < -0.39 is 5.82 Å². The lowest BCUT2D eigenvalue weighted by Gasteiger charge is -2.55. The number of aryl methyl sites for hydroxylation is 2. The molecule has 1 spiro atoms. The van der Waals surface area contributed by atoms with E-state index >= 15 is 0 Å². The molecule has 50 heavy (non-hydrogen) atoms. The third-order valence-electron chi connectivity index (χ3n) is 9.59. The summed E-state index contributed by atoms with van der Waals surface area (Å²) in [6, 6.07) is 22.9. The highest BCUT2D eigenvalue weighted by molar-refractivity contribution is 7.17. The highest BCUT2D eigenvalue weighted by Gasteiger charge is 2.50. The van der Waals surface area contributed by atoms with Crippen LogP contribution in [0.1, 0.15) is 47.1 Å². The molecule has 2 N–H and O–H groups in total. The number of amides is 3. The fraction of sp³-hybridized carbons (Fsp3) is 0.231. The molecule has 0 bridgehead atoms. The molecule has 5 heterocycles. The number of aromatic nitrogens is 1. The molecular formula is C39H34FN5O4S. The van der Waals surface area contributed by atoms with E-state index in [2.05, 4.69) is 20.5 Å². The van der Waals surface area contributed by atoms with Crippen LogP contribution >= 0.6 is 11.3 Å². The Morgan fingerprint density at radius 2 is 1.70 bits per heavy atom. The highest BCUT2D eigenvalue weighted by Crippen LogP contribution is 2.43. The second kappa shape index (κ2) is 12.5. The van der Waals surface area contributed by atoms with Gasteiger partial charge in [-0.25, -0.2) is 9.37 Å². The van der Waals surface area contributed by atoms with Gasteiger partial charge in [0, 0.05) is 47.5 Å². The first-order chi connectivity index (χ1) is 24.2. The zero-order chi connectivity index (χ0) is 34.6. The number of para-hydroxylation sites is 2. The molecule has 3 aliphatic heterocycles. The number of nitrogens with one attached hydrogen (secondary N) is 2. The normalized spacial score (nSPS) is 15.7. The summed E-state index contributed by atoms with van der Waals surface area (Å²) in [5.74, 6) is -0.620. The predicted molar refractivity (Wildman–Crippen MR) is 193 cm³/mol. The summed E-state index contributed by atoms with van der Waals surface area (Å²) in [5.41, 5.74) is 6.00. The van der Waals surface area contributed by atoms with Crippen molar-refractivity contribution in [2.75, 3.05) is 53.3 Å². The third-order valence-corrected chi connectivity index (χ3v) is 10.8. The molecule has 0 saturated carbocycles. The molecule has 0 atom stereocenters. The van der Waals surface area contributed by atoms with E-state index in [-0.39, 0.29) is 28.8 Å². The van der Waals surface area contributed by atoms with E-state index in [1.807, 2.05) is 43.3 Å². The van der Waals surface area contributed by atoms with Gasteiger partial charge in [0.05, 0.1) is 40.4 Å². The molecule has 11 heteroatoms. The van der Waals surface area contributed by atoms with E-state index in [1.54, 1.807) is 54.4 Å². The Morgan fingerprint density at radius 1 is 0.920 bits per heavy atom. The third kappa shape index (κ3) is 5.72. The zero-order valence-electron chi connectivity index (χ0n) is 27.6. The minimum Gasteiger partial charge on any atom is -0.380 e. The van der Waals surface area contributed by atoms with Crippen LogP contribution in [0.3, 0.4) is 0 Å². The number of benzene rings is 3. The van der Waals surface area contributed by atoms with Gasteiger partial charge in [0.1, 0.15) is 11.6 Å². The molecule has 0 unspecified atom stereocenters. The minimum atomic E-state index is -0.482. The first kappa shape index (κ1) is 31.9. The van der Waals surface area contributed by atoms with Crippen molar-refractivity contribution in [3.8, 4) is 10.4 Å². The standard InChI is InChI=1S/C39H34FN5O4S/c1-23-16-29(35(41-18-23)44-19-39(20-44)21-49-22-39)36(46)42-27-12-10-25(11-13-27)38(48)45-15-14-26-17-32(50-34(26)28-7-3-4-9-31(28)45)37(47)43-33-24(2)6-5-8-30(33)40/h3-13,16-18H,14-15,19-22H2,1-2H3,(H,42,46)(H,43,47). The number of hydrogen-bond acceptors (Lipinski definition) is 7. The summed E-state index contributed by atoms with van der Waals surface area (Å²) in [6.45, 7) is 7.20. The van der Waals surface area contributed by atoms with E-state index in [1.165, 1.54) is 17.4 Å². The maximum atomic E-state index is 14.4. The first-order valence-electron chi connectivity index (χ1n) is 16.5. The number of pyridine rings is 1. The first-order valence-corrected chi connectivity index (χ1v) is 17.3. The molecule has 3 aliphatic rings. The Bertz CT molecular complexity index is 2150. The van der Waals surface area contributed by atoms with Crippen molar-refractivity contribution in [3.63, 3.8) is 0 Å². The number of anilines is 4. The van der Waals surface area contributed by atoms with Gasteiger partial charge >= 0.3 is 0 Å². The fourth-order valence-electron chi connectivity index (χ4n) is 6.90. The predicted octanol–water partition coefficient (Wildman–Crippen LogP) is 7.11.